The van der Waals surface area contributed by atoms with E-state index in [2.05, 4.69) is 15.3 Å². The van der Waals surface area contributed by atoms with E-state index in [-0.39, 0.29) is 47.0 Å². The SMILES string of the molecule is CCN[C@H](CC(=O)N1CC=C(c2nc(N)c3cc(OC)c(OC)c(F)c3n2)CC1)c1ccc(F)cc1. The third-order valence-electron chi connectivity index (χ3n) is 6.26. The first kappa shape index (κ1) is 25.3. The number of methoxy groups -OCH3 is 2. The van der Waals surface area contributed by atoms with Crippen LogP contribution in [-0.4, -0.2) is 54.6 Å². The van der Waals surface area contributed by atoms with E-state index >= 15 is 4.39 Å². The Bertz CT molecular complexity index is 1300. The third-order valence-corrected chi connectivity index (χ3v) is 6.26. The Morgan fingerprint density at radius 3 is 2.56 bits per heavy atom. The summed E-state index contributed by atoms with van der Waals surface area (Å²) in [5, 5.41) is 3.63. The van der Waals surface area contributed by atoms with Crippen LogP contribution in [0.2, 0.25) is 0 Å². The number of fused-ring (bicyclic) bond motifs is 1. The number of rotatable bonds is 8. The predicted octanol–water partition coefficient (Wildman–Crippen LogP) is 3.86. The van der Waals surface area contributed by atoms with Crippen molar-refractivity contribution < 1.29 is 23.0 Å². The van der Waals surface area contributed by atoms with Crippen LogP contribution < -0.4 is 20.5 Å². The number of nitrogen functional groups attached to an aromatic ring is 1. The van der Waals surface area contributed by atoms with Crippen molar-refractivity contribution in [1.29, 1.82) is 0 Å². The zero-order valence-electron chi connectivity index (χ0n) is 20.5. The van der Waals surface area contributed by atoms with Crippen LogP contribution in [-0.2, 0) is 4.79 Å². The molecule has 4 rings (SSSR count). The molecule has 190 valence electrons. The molecule has 0 radical (unpaired) electrons. The summed E-state index contributed by atoms with van der Waals surface area (Å²) in [5.41, 5.74) is 7.82. The Morgan fingerprint density at radius 2 is 1.94 bits per heavy atom. The van der Waals surface area contributed by atoms with Crippen LogP contribution in [0.4, 0.5) is 14.6 Å². The van der Waals surface area contributed by atoms with Gasteiger partial charge in [-0.3, -0.25) is 4.79 Å². The highest BCUT2D eigenvalue weighted by atomic mass is 19.1. The number of anilines is 1. The van der Waals surface area contributed by atoms with Crippen LogP contribution in [0.15, 0.2) is 36.4 Å². The number of benzene rings is 2. The largest absolute Gasteiger partial charge is 0.493 e. The average Bonchev–Trinajstić information content (AvgIpc) is 2.89. The summed E-state index contributed by atoms with van der Waals surface area (Å²) >= 11 is 0. The highest BCUT2D eigenvalue weighted by molar-refractivity contribution is 5.92. The molecule has 1 aliphatic heterocycles. The molecule has 0 saturated carbocycles. The normalized spacial score (nSPS) is 14.5. The van der Waals surface area contributed by atoms with Crippen molar-refractivity contribution in [3.05, 3.63) is 59.4 Å². The highest BCUT2D eigenvalue weighted by Gasteiger charge is 2.25. The molecule has 3 aromatic rings. The minimum atomic E-state index is -0.675. The standard InChI is InChI=1S/C26H29F2N5O3/c1-4-30-19(15-5-7-17(27)8-6-15)14-21(34)33-11-9-16(10-12-33)26-31-23-18(25(29)32-26)13-20(35-2)24(36-3)22(23)28/h5-9,13,19,30H,4,10-12,14H2,1-3H3,(H2,29,31,32)/t19-/m1/s1. The second-order valence-corrected chi connectivity index (χ2v) is 8.44. The third kappa shape index (κ3) is 5.08. The van der Waals surface area contributed by atoms with Crippen LogP contribution in [0.3, 0.4) is 0 Å². The highest BCUT2D eigenvalue weighted by Crippen LogP contribution is 2.37. The Labute approximate surface area is 208 Å². The van der Waals surface area contributed by atoms with E-state index in [0.717, 1.165) is 11.1 Å². The second-order valence-electron chi connectivity index (χ2n) is 8.44. The summed E-state index contributed by atoms with van der Waals surface area (Å²) in [6.45, 7) is 3.46. The lowest BCUT2D eigenvalue weighted by Crippen LogP contribution is -2.37. The Kier molecular flexibility index (Phi) is 7.64. The first-order chi connectivity index (χ1) is 17.4. The van der Waals surface area contributed by atoms with E-state index in [0.29, 0.717) is 37.3 Å². The van der Waals surface area contributed by atoms with Crippen LogP contribution in [0, 0.1) is 11.6 Å². The van der Waals surface area contributed by atoms with Crippen molar-refractivity contribution in [2.45, 2.75) is 25.8 Å². The Balaban J connectivity index is 1.53. The summed E-state index contributed by atoms with van der Waals surface area (Å²) in [4.78, 5) is 23.6. The topological polar surface area (TPSA) is 103 Å². The van der Waals surface area contributed by atoms with E-state index in [9.17, 15) is 9.18 Å². The monoisotopic (exact) mass is 497 g/mol. The molecular formula is C26H29F2N5O3. The molecule has 10 heteroatoms. The zero-order chi connectivity index (χ0) is 25.8. The molecule has 36 heavy (non-hydrogen) atoms. The number of aromatic nitrogens is 2. The Morgan fingerprint density at radius 1 is 1.19 bits per heavy atom. The van der Waals surface area contributed by atoms with Gasteiger partial charge in [-0.15, -0.1) is 0 Å². The lowest BCUT2D eigenvalue weighted by atomic mass is 10.0. The lowest BCUT2D eigenvalue weighted by molar-refractivity contribution is -0.131. The molecule has 1 aromatic heterocycles. The van der Waals surface area contributed by atoms with Gasteiger partial charge >= 0.3 is 0 Å². The summed E-state index contributed by atoms with van der Waals surface area (Å²) < 4.78 is 38.8. The molecule has 1 aliphatic rings. The van der Waals surface area contributed by atoms with Crippen molar-refractivity contribution in [2.24, 2.45) is 0 Å². The van der Waals surface area contributed by atoms with Crippen molar-refractivity contribution in [3.8, 4) is 11.5 Å². The van der Waals surface area contributed by atoms with Gasteiger partial charge in [-0.2, -0.15) is 0 Å². The minimum Gasteiger partial charge on any atom is -0.493 e. The van der Waals surface area contributed by atoms with Gasteiger partial charge in [0, 0.05) is 30.9 Å². The first-order valence-electron chi connectivity index (χ1n) is 11.7. The van der Waals surface area contributed by atoms with E-state index < -0.39 is 5.82 Å². The molecule has 0 saturated heterocycles. The molecule has 0 spiro atoms. The van der Waals surface area contributed by atoms with E-state index in [1.165, 1.54) is 26.4 Å². The second kappa shape index (κ2) is 10.9. The molecular weight excluding hydrogens is 468 g/mol. The summed E-state index contributed by atoms with van der Waals surface area (Å²) in [5.74, 6) is -0.430. The van der Waals surface area contributed by atoms with E-state index in [4.69, 9.17) is 15.2 Å². The van der Waals surface area contributed by atoms with Crippen LogP contribution in [0.1, 0.15) is 37.2 Å². The van der Waals surface area contributed by atoms with Crippen molar-refractivity contribution >= 4 is 28.2 Å². The fourth-order valence-electron chi connectivity index (χ4n) is 4.35. The number of carbonyl (C=O) groups is 1. The number of hydrogen-bond donors (Lipinski definition) is 2. The molecule has 2 aromatic carbocycles. The molecule has 0 bridgehead atoms. The molecule has 1 atom stereocenters. The number of ether oxygens (including phenoxy) is 2. The van der Waals surface area contributed by atoms with Gasteiger partial charge < -0.3 is 25.4 Å². The summed E-state index contributed by atoms with van der Waals surface area (Å²) in [6, 6.07) is 7.50. The fraction of sp³-hybridized carbons (Fsp3) is 0.346. The molecule has 2 heterocycles. The quantitative estimate of drug-likeness (QED) is 0.487. The van der Waals surface area contributed by atoms with E-state index in [1.54, 1.807) is 23.1 Å². The predicted molar refractivity (Wildman–Crippen MR) is 134 cm³/mol. The molecule has 0 aliphatic carbocycles. The van der Waals surface area contributed by atoms with Crippen molar-refractivity contribution in [2.75, 3.05) is 39.6 Å². The Hall–Kier alpha value is -3.79. The van der Waals surface area contributed by atoms with Gasteiger partial charge in [0.2, 0.25) is 5.91 Å². The van der Waals surface area contributed by atoms with E-state index in [1.807, 2.05) is 13.0 Å². The van der Waals surface area contributed by atoms with Crippen LogP contribution in [0.25, 0.3) is 16.5 Å². The maximum atomic E-state index is 15.1. The molecule has 0 unspecified atom stereocenters. The minimum absolute atomic E-state index is 0.0256. The lowest BCUT2D eigenvalue weighted by Gasteiger charge is -2.28. The maximum Gasteiger partial charge on any atom is 0.224 e. The molecule has 8 nitrogen and oxygen atoms in total. The number of carbonyl (C=O) groups excluding carboxylic acids is 1. The molecule has 3 N–H and O–H groups in total. The van der Waals surface area contributed by atoms with Gasteiger partial charge in [-0.05, 0) is 42.3 Å². The van der Waals surface area contributed by atoms with Gasteiger partial charge in [0.05, 0.1) is 14.2 Å². The van der Waals surface area contributed by atoms with Gasteiger partial charge in [0.15, 0.2) is 23.1 Å². The fourth-order valence-corrected chi connectivity index (χ4v) is 4.35. The number of amides is 1. The number of nitrogens with zero attached hydrogens (tertiary/aromatic N) is 3. The average molecular weight is 498 g/mol. The van der Waals surface area contributed by atoms with Gasteiger partial charge in [-0.1, -0.05) is 25.1 Å². The van der Waals surface area contributed by atoms with Gasteiger partial charge in [0.25, 0.3) is 0 Å². The number of hydrogen-bond acceptors (Lipinski definition) is 7. The number of halogens is 2. The molecule has 0 fully saturated rings. The zero-order valence-corrected chi connectivity index (χ0v) is 20.5. The smallest absolute Gasteiger partial charge is 0.224 e. The van der Waals surface area contributed by atoms with Crippen LogP contribution in [0.5, 0.6) is 11.5 Å². The maximum absolute atomic E-state index is 15.1. The first-order valence-corrected chi connectivity index (χ1v) is 11.7. The van der Waals surface area contributed by atoms with Crippen LogP contribution >= 0.6 is 0 Å². The molecule has 1 amide bonds. The van der Waals surface area contributed by atoms with Crippen molar-refractivity contribution in [1.82, 2.24) is 20.2 Å². The van der Waals surface area contributed by atoms with Gasteiger partial charge in [0.1, 0.15) is 17.2 Å². The summed E-state index contributed by atoms with van der Waals surface area (Å²) in [7, 11) is 2.76. The van der Waals surface area contributed by atoms with Gasteiger partial charge in [-0.25, -0.2) is 18.7 Å². The number of nitrogens with two attached hydrogens (primary N) is 1. The summed E-state index contributed by atoms with van der Waals surface area (Å²) in [6.07, 6.45) is 2.60. The number of nitrogens with one attached hydrogen (secondary N) is 1. The van der Waals surface area contributed by atoms with Crippen molar-refractivity contribution in [3.63, 3.8) is 0 Å².